The third-order valence-corrected chi connectivity index (χ3v) is 2.63. The molecule has 1 rings (SSSR count). The fourth-order valence-corrected chi connectivity index (χ4v) is 1.84. The number of hydrogen-bond acceptors (Lipinski definition) is 2. The van der Waals surface area contributed by atoms with Gasteiger partial charge in [0, 0.05) is 5.57 Å². The van der Waals surface area contributed by atoms with Crippen LogP contribution in [-0.2, 0) is 9.53 Å². The molecule has 0 aromatic rings. The molecule has 2 nitrogen and oxygen atoms in total. The maximum absolute atomic E-state index is 11.5. The molecule has 14 heavy (non-hydrogen) atoms. The Morgan fingerprint density at radius 3 is 2.29 bits per heavy atom. The lowest BCUT2D eigenvalue weighted by molar-refractivity contribution is -0.135. The van der Waals surface area contributed by atoms with Gasteiger partial charge in [0.1, 0.15) is 0 Å². The number of hydrogen-bond donors (Lipinski definition) is 0. The summed E-state index contributed by atoms with van der Waals surface area (Å²) in [6.45, 7) is 9.03. The van der Waals surface area contributed by atoms with Crippen LogP contribution in [0.5, 0.6) is 0 Å². The Kier molecular flexibility index (Phi) is 3.93. The van der Waals surface area contributed by atoms with Gasteiger partial charge in [-0.1, -0.05) is 32.4 Å². The Morgan fingerprint density at radius 2 is 1.79 bits per heavy atom. The average Bonchev–Trinajstić information content (AvgIpc) is 2.17. The molecule has 0 amide bonds. The van der Waals surface area contributed by atoms with Crippen LogP contribution in [0.3, 0.4) is 0 Å². The van der Waals surface area contributed by atoms with Crippen molar-refractivity contribution in [1.82, 2.24) is 0 Å². The first kappa shape index (κ1) is 11.0. The molecule has 1 aliphatic carbocycles. The van der Waals surface area contributed by atoms with Crippen molar-refractivity contribution in [3.63, 3.8) is 0 Å². The van der Waals surface area contributed by atoms with Crippen LogP contribution in [0.1, 0.15) is 39.0 Å². The third kappa shape index (κ3) is 3.02. The van der Waals surface area contributed by atoms with Gasteiger partial charge in [-0.2, -0.15) is 0 Å². The Balaban J connectivity index is 2.46. The predicted octanol–water partition coefficient (Wildman–Crippen LogP) is 3.20. The van der Waals surface area contributed by atoms with Gasteiger partial charge in [0.05, 0.1) is 5.76 Å². The van der Waals surface area contributed by atoms with E-state index in [1.54, 1.807) is 6.92 Å². The van der Waals surface area contributed by atoms with E-state index in [2.05, 4.69) is 13.2 Å². The van der Waals surface area contributed by atoms with Crippen molar-refractivity contribution in [2.45, 2.75) is 39.0 Å². The van der Waals surface area contributed by atoms with Crippen molar-refractivity contribution in [3.05, 3.63) is 24.5 Å². The van der Waals surface area contributed by atoms with E-state index in [0.29, 0.717) is 17.3 Å². The molecule has 0 radical (unpaired) electrons. The fraction of sp³-hybridized carbons (Fsp3) is 0.583. The van der Waals surface area contributed by atoms with Crippen molar-refractivity contribution in [2.75, 3.05) is 0 Å². The first-order valence-corrected chi connectivity index (χ1v) is 5.17. The molecule has 1 aliphatic rings. The molecule has 1 saturated carbocycles. The number of rotatable bonds is 3. The summed E-state index contributed by atoms with van der Waals surface area (Å²) < 4.78 is 4.93. The fourth-order valence-electron chi connectivity index (χ4n) is 1.84. The molecule has 2 heteroatoms. The monoisotopic (exact) mass is 194 g/mol. The largest absolute Gasteiger partial charge is 0.429 e. The first-order chi connectivity index (χ1) is 6.61. The lowest BCUT2D eigenvalue weighted by Crippen LogP contribution is -2.16. The minimum absolute atomic E-state index is 0.301. The molecule has 1 fully saturated rings. The third-order valence-electron chi connectivity index (χ3n) is 2.63. The van der Waals surface area contributed by atoms with Crippen molar-refractivity contribution in [2.24, 2.45) is 5.92 Å². The normalized spacial score (nSPS) is 17.5. The topological polar surface area (TPSA) is 26.3 Å². The number of carbonyl (C=O) groups is 1. The SMILES string of the molecule is C=C(C)OC(=O)C(=C)C1CCCCC1. The first-order valence-electron chi connectivity index (χ1n) is 5.17. The van der Waals surface area contributed by atoms with Crippen molar-refractivity contribution in [3.8, 4) is 0 Å². The van der Waals surface area contributed by atoms with E-state index >= 15 is 0 Å². The average molecular weight is 194 g/mol. The van der Waals surface area contributed by atoms with E-state index in [1.165, 1.54) is 19.3 Å². The molecule has 0 unspecified atom stereocenters. The van der Waals surface area contributed by atoms with Crippen molar-refractivity contribution >= 4 is 5.97 Å². The highest BCUT2D eigenvalue weighted by molar-refractivity contribution is 5.88. The summed E-state index contributed by atoms with van der Waals surface area (Å²) in [4.78, 5) is 11.5. The van der Waals surface area contributed by atoms with Gasteiger partial charge in [-0.3, -0.25) is 0 Å². The quantitative estimate of drug-likeness (QED) is 0.392. The zero-order valence-corrected chi connectivity index (χ0v) is 8.84. The maximum atomic E-state index is 11.5. The summed E-state index contributed by atoms with van der Waals surface area (Å²) in [6.07, 6.45) is 5.82. The minimum atomic E-state index is -0.301. The molecule has 0 bridgehead atoms. The second-order valence-corrected chi connectivity index (χ2v) is 3.95. The molecule has 0 spiro atoms. The Labute approximate surface area is 85.6 Å². The standard InChI is InChI=1S/C12H18O2/c1-9(2)14-12(13)10(3)11-7-5-4-6-8-11/h11H,1,3-8H2,2H3. The van der Waals surface area contributed by atoms with E-state index in [9.17, 15) is 4.79 Å². The Hall–Kier alpha value is -1.05. The smallest absolute Gasteiger partial charge is 0.338 e. The van der Waals surface area contributed by atoms with Crippen LogP contribution < -0.4 is 0 Å². The molecular formula is C12H18O2. The van der Waals surface area contributed by atoms with Crippen LogP contribution in [0.15, 0.2) is 24.5 Å². The molecule has 0 aliphatic heterocycles. The van der Waals surface area contributed by atoms with Crippen molar-refractivity contribution < 1.29 is 9.53 Å². The molecule has 0 aromatic heterocycles. The van der Waals surface area contributed by atoms with Gasteiger partial charge in [-0.05, 0) is 25.7 Å². The van der Waals surface area contributed by atoms with Crippen LogP contribution in [0.25, 0.3) is 0 Å². The van der Waals surface area contributed by atoms with Gasteiger partial charge < -0.3 is 4.74 Å². The van der Waals surface area contributed by atoms with Gasteiger partial charge in [-0.15, -0.1) is 0 Å². The van der Waals surface area contributed by atoms with Crippen LogP contribution in [0.4, 0.5) is 0 Å². The Bertz CT molecular complexity index is 247. The molecule has 0 heterocycles. The van der Waals surface area contributed by atoms with E-state index in [4.69, 9.17) is 4.74 Å². The van der Waals surface area contributed by atoms with E-state index in [1.807, 2.05) is 0 Å². The zero-order valence-electron chi connectivity index (χ0n) is 8.84. The highest BCUT2D eigenvalue weighted by Crippen LogP contribution is 2.29. The molecule has 0 saturated heterocycles. The Morgan fingerprint density at radius 1 is 1.21 bits per heavy atom. The minimum Gasteiger partial charge on any atom is -0.429 e. The summed E-state index contributed by atoms with van der Waals surface area (Å²) in [5, 5.41) is 0. The van der Waals surface area contributed by atoms with Crippen LogP contribution in [0.2, 0.25) is 0 Å². The van der Waals surface area contributed by atoms with Crippen LogP contribution in [-0.4, -0.2) is 5.97 Å². The van der Waals surface area contributed by atoms with E-state index < -0.39 is 0 Å². The summed E-state index contributed by atoms with van der Waals surface area (Å²) >= 11 is 0. The summed E-state index contributed by atoms with van der Waals surface area (Å²) in [7, 11) is 0. The number of carbonyl (C=O) groups excluding carboxylic acids is 1. The second-order valence-electron chi connectivity index (χ2n) is 3.95. The van der Waals surface area contributed by atoms with E-state index in [0.717, 1.165) is 12.8 Å². The number of esters is 1. The van der Waals surface area contributed by atoms with Gasteiger partial charge in [0.2, 0.25) is 0 Å². The summed E-state index contributed by atoms with van der Waals surface area (Å²) in [5.74, 6) is 0.465. The zero-order chi connectivity index (χ0) is 10.6. The van der Waals surface area contributed by atoms with Gasteiger partial charge in [0.15, 0.2) is 0 Å². The summed E-state index contributed by atoms with van der Waals surface area (Å²) in [5.41, 5.74) is 0.618. The van der Waals surface area contributed by atoms with E-state index in [-0.39, 0.29) is 5.97 Å². The molecular weight excluding hydrogens is 176 g/mol. The van der Waals surface area contributed by atoms with Crippen LogP contribution >= 0.6 is 0 Å². The predicted molar refractivity (Wildman–Crippen MR) is 56.6 cm³/mol. The molecule has 0 N–H and O–H groups in total. The maximum Gasteiger partial charge on any atom is 0.338 e. The highest BCUT2D eigenvalue weighted by Gasteiger charge is 2.22. The van der Waals surface area contributed by atoms with Crippen molar-refractivity contribution in [1.29, 1.82) is 0 Å². The molecule has 0 atom stereocenters. The number of ether oxygens (including phenoxy) is 1. The van der Waals surface area contributed by atoms with Gasteiger partial charge in [0.25, 0.3) is 0 Å². The highest BCUT2D eigenvalue weighted by atomic mass is 16.5. The lowest BCUT2D eigenvalue weighted by Gasteiger charge is -2.22. The van der Waals surface area contributed by atoms with Crippen LogP contribution in [0, 0.1) is 5.92 Å². The summed E-state index contributed by atoms with van der Waals surface area (Å²) in [6, 6.07) is 0. The number of allylic oxidation sites excluding steroid dienone is 1. The van der Waals surface area contributed by atoms with Gasteiger partial charge in [-0.25, -0.2) is 4.79 Å². The molecule has 0 aromatic carbocycles. The van der Waals surface area contributed by atoms with Gasteiger partial charge >= 0.3 is 5.97 Å². The molecule has 78 valence electrons. The lowest BCUT2D eigenvalue weighted by atomic mass is 9.84. The second kappa shape index (κ2) is 4.99.